The maximum Gasteiger partial charge on any atom is 0.254 e. The minimum absolute atomic E-state index is 0.0361. The summed E-state index contributed by atoms with van der Waals surface area (Å²) in [5.41, 5.74) is 1.85. The minimum atomic E-state index is -0.674. The summed E-state index contributed by atoms with van der Waals surface area (Å²) in [7, 11) is 0. The number of nitrogens with zero attached hydrogens (tertiary/aromatic N) is 1. The third-order valence-corrected chi connectivity index (χ3v) is 2.15. The highest BCUT2D eigenvalue weighted by molar-refractivity contribution is 5.85. The Morgan fingerprint density at radius 2 is 2.38 bits per heavy atom. The van der Waals surface area contributed by atoms with Crippen LogP contribution in [0.5, 0.6) is 0 Å². The molecule has 13 heavy (non-hydrogen) atoms. The summed E-state index contributed by atoms with van der Waals surface area (Å²) < 4.78 is 5.34. The first-order chi connectivity index (χ1) is 6.08. The van der Waals surface area contributed by atoms with Gasteiger partial charge in [0.2, 0.25) is 0 Å². The molecule has 1 rings (SSSR count). The zero-order valence-corrected chi connectivity index (χ0v) is 8.17. The molecule has 76 valence electrons. The van der Waals surface area contributed by atoms with Crippen LogP contribution in [0.3, 0.4) is 0 Å². The van der Waals surface area contributed by atoms with Gasteiger partial charge in [-0.15, -0.1) is 0 Å². The molecule has 0 aromatic heterocycles. The van der Waals surface area contributed by atoms with Gasteiger partial charge < -0.3 is 9.64 Å². The molecule has 0 atom stereocenters. The number of rotatable bonds is 3. The lowest BCUT2D eigenvalue weighted by Gasteiger charge is -2.37. The first kappa shape index (κ1) is 10.4. The number of hydrogen-bond donors (Lipinski definition) is 2. The van der Waals surface area contributed by atoms with Crippen molar-refractivity contribution in [3.8, 4) is 0 Å². The molecule has 0 radical (unpaired) electrons. The lowest BCUT2D eigenvalue weighted by atomic mass is 10.1. The predicted molar refractivity (Wildman–Crippen MR) is 48.8 cm³/mol. The van der Waals surface area contributed by atoms with Crippen LogP contribution in [0.25, 0.3) is 0 Å². The Labute approximate surface area is 78.2 Å². The Hall–Kier alpha value is -0.650. The van der Waals surface area contributed by atoms with Crippen molar-refractivity contribution >= 4 is 5.91 Å². The van der Waals surface area contributed by atoms with Gasteiger partial charge in [0.1, 0.15) is 5.60 Å². The molecule has 0 aromatic carbocycles. The maximum absolute atomic E-state index is 11.7. The average molecular weight is 187 g/mol. The zero-order valence-electron chi connectivity index (χ0n) is 8.17. The van der Waals surface area contributed by atoms with Crippen molar-refractivity contribution in [3.05, 3.63) is 0 Å². The molecule has 0 unspecified atom stereocenters. The quantitative estimate of drug-likeness (QED) is 0.443. The van der Waals surface area contributed by atoms with Crippen LogP contribution in [0.15, 0.2) is 0 Å². The molecular weight excluding hydrogens is 170 g/mol. The molecule has 1 aliphatic rings. The van der Waals surface area contributed by atoms with Crippen LogP contribution in [-0.2, 0) is 9.53 Å². The standard InChI is InChI=1S/C8H17N3O2/c1-8(2)7(12)11(4-3-10-9)5-6-13-8/h10H,3-6,9H2,1-2H3. The Morgan fingerprint density at radius 3 is 3.00 bits per heavy atom. The first-order valence-corrected chi connectivity index (χ1v) is 4.45. The van der Waals surface area contributed by atoms with Crippen molar-refractivity contribution in [3.63, 3.8) is 0 Å². The molecular formula is C8H17N3O2. The van der Waals surface area contributed by atoms with Gasteiger partial charge in [0.15, 0.2) is 0 Å². The van der Waals surface area contributed by atoms with Crippen molar-refractivity contribution in [2.24, 2.45) is 5.84 Å². The highest BCUT2D eigenvalue weighted by Gasteiger charge is 2.36. The van der Waals surface area contributed by atoms with Gasteiger partial charge in [-0.1, -0.05) is 0 Å². The predicted octanol–water partition coefficient (Wildman–Crippen LogP) is -0.913. The lowest BCUT2D eigenvalue weighted by molar-refractivity contribution is -0.165. The average Bonchev–Trinajstić information content (AvgIpc) is 2.08. The summed E-state index contributed by atoms with van der Waals surface area (Å²) in [6.07, 6.45) is 0. The molecule has 0 saturated carbocycles. The van der Waals surface area contributed by atoms with Crippen LogP contribution in [0, 0.1) is 0 Å². The zero-order chi connectivity index (χ0) is 9.90. The normalized spacial score (nSPS) is 22.1. The molecule has 1 fully saturated rings. The van der Waals surface area contributed by atoms with E-state index in [0.29, 0.717) is 26.2 Å². The van der Waals surface area contributed by atoms with Crippen LogP contribution in [0.2, 0.25) is 0 Å². The molecule has 1 saturated heterocycles. The van der Waals surface area contributed by atoms with E-state index in [-0.39, 0.29) is 5.91 Å². The number of hydrogen-bond acceptors (Lipinski definition) is 4. The lowest BCUT2D eigenvalue weighted by Crippen LogP contribution is -2.55. The largest absolute Gasteiger partial charge is 0.364 e. The molecule has 0 spiro atoms. The Kier molecular flexibility index (Phi) is 3.24. The van der Waals surface area contributed by atoms with Gasteiger partial charge in [-0.25, -0.2) is 0 Å². The molecule has 1 heterocycles. The van der Waals surface area contributed by atoms with E-state index in [4.69, 9.17) is 10.6 Å². The van der Waals surface area contributed by atoms with Crippen molar-refractivity contribution < 1.29 is 9.53 Å². The van der Waals surface area contributed by atoms with Gasteiger partial charge in [0.25, 0.3) is 5.91 Å². The van der Waals surface area contributed by atoms with Gasteiger partial charge in [-0.05, 0) is 13.8 Å². The van der Waals surface area contributed by atoms with Crippen LogP contribution < -0.4 is 11.3 Å². The van der Waals surface area contributed by atoms with E-state index in [0.717, 1.165) is 0 Å². The second-order valence-electron chi connectivity index (χ2n) is 3.61. The van der Waals surface area contributed by atoms with Crippen LogP contribution >= 0.6 is 0 Å². The molecule has 0 aliphatic carbocycles. The molecule has 3 N–H and O–H groups in total. The van der Waals surface area contributed by atoms with Crippen molar-refractivity contribution in [1.29, 1.82) is 0 Å². The van der Waals surface area contributed by atoms with Crippen molar-refractivity contribution in [2.75, 3.05) is 26.2 Å². The molecule has 0 aromatic rings. The van der Waals surface area contributed by atoms with Gasteiger partial charge in [-0.3, -0.25) is 16.1 Å². The third kappa shape index (κ3) is 2.40. The van der Waals surface area contributed by atoms with Crippen LogP contribution in [0.1, 0.15) is 13.8 Å². The summed E-state index contributed by atoms with van der Waals surface area (Å²) >= 11 is 0. The van der Waals surface area contributed by atoms with Crippen LogP contribution in [-0.4, -0.2) is 42.6 Å². The summed E-state index contributed by atoms with van der Waals surface area (Å²) in [6.45, 7) is 6.09. The second kappa shape index (κ2) is 4.04. The molecule has 5 heteroatoms. The number of amides is 1. The van der Waals surface area contributed by atoms with Gasteiger partial charge in [0, 0.05) is 19.6 Å². The van der Waals surface area contributed by atoms with E-state index in [2.05, 4.69) is 5.43 Å². The number of nitrogens with two attached hydrogens (primary N) is 1. The smallest absolute Gasteiger partial charge is 0.254 e. The number of carbonyl (C=O) groups excluding carboxylic acids is 1. The molecule has 1 amide bonds. The molecule has 0 bridgehead atoms. The monoisotopic (exact) mass is 187 g/mol. The van der Waals surface area contributed by atoms with E-state index < -0.39 is 5.60 Å². The number of morpholine rings is 1. The van der Waals surface area contributed by atoms with E-state index in [1.54, 1.807) is 18.7 Å². The fourth-order valence-electron chi connectivity index (χ4n) is 1.37. The van der Waals surface area contributed by atoms with Gasteiger partial charge in [0.05, 0.1) is 6.61 Å². The first-order valence-electron chi connectivity index (χ1n) is 4.45. The summed E-state index contributed by atoms with van der Waals surface area (Å²) in [5.74, 6) is 5.18. The van der Waals surface area contributed by atoms with Gasteiger partial charge >= 0.3 is 0 Å². The number of nitrogens with one attached hydrogen (secondary N) is 1. The Balaban J connectivity index is 2.51. The SMILES string of the molecule is CC1(C)OCCN(CCNN)C1=O. The van der Waals surface area contributed by atoms with Gasteiger partial charge in [-0.2, -0.15) is 0 Å². The molecule has 1 aliphatic heterocycles. The Bertz CT molecular complexity index is 194. The summed E-state index contributed by atoms with van der Waals surface area (Å²) in [5, 5.41) is 0. The van der Waals surface area contributed by atoms with E-state index in [1.807, 2.05) is 0 Å². The minimum Gasteiger partial charge on any atom is -0.364 e. The summed E-state index contributed by atoms with van der Waals surface area (Å²) in [4.78, 5) is 13.5. The van der Waals surface area contributed by atoms with E-state index >= 15 is 0 Å². The highest BCUT2D eigenvalue weighted by atomic mass is 16.5. The fourth-order valence-corrected chi connectivity index (χ4v) is 1.37. The second-order valence-corrected chi connectivity index (χ2v) is 3.61. The number of ether oxygens (including phenoxy) is 1. The summed E-state index contributed by atoms with van der Waals surface area (Å²) in [6, 6.07) is 0. The maximum atomic E-state index is 11.7. The topological polar surface area (TPSA) is 67.6 Å². The third-order valence-electron chi connectivity index (χ3n) is 2.15. The van der Waals surface area contributed by atoms with Crippen LogP contribution in [0.4, 0.5) is 0 Å². The number of hydrazine groups is 1. The van der Waals surface area contributed by atoms with E-state index in [9.17, 15) is 4.79 Å². The van der Waals surface area contributed by atoms with Crippen molar-refractivity contribution in [1.82, 2.24) is 10.3 Å². The molecule has 5 nitrogen and oxygen atoms in total. The Morgan fingerprint density at radius 1 is 1.69 bits per heavy atom. The number of carbonyl (C=O) groups is 1. The highest BCUT2D eigenvalue weighted by Crippen LogP contribution is 2.17. The fraction of sp³-hybridized carbons (Fsp3) is 0.875. The van der Waals surface area contributed by atoms with Crippen molar-refractivity contribution in [2.45, 2.75) is 19.4 Å². The van der Waals surface area contributed by atoms with E-state index in [1.165, 1.54) is 0 Å².